The number of carbonyl (C=O) groups excluding carboxylic acids is 1. The fraction of sp³-hybridized carbons (Fsp3) is 0.500. The Morgan fingerprint density at radius 2 is 2.05 bits per heavy atom. The number of hydrogen-bond donors (Lipinski definition) is 2. The molecular weight excluding hydrogens is 262 g/mol. The summed E-state index contributed by atoms with van der Waals surface area (Å²) < 4.78 is 0. The van der Waals surface area contributed by atoms with Gasteiger partial charge in [0.05, 0.1) is 6.61 Å². The molecule has 0 unspecified atom stereocenters. The first-order chi connectivity index (χ1) is 10.2. The molecule has 112 valence electrons. The normalized spacial score (nSPS) is 15.5. The molecule has 0 spiro atoms. The Balaban J connectivity index is 1.89. The second-order valence-corrected chi connectivity index (χ2v) is 5.74. The van der Waals surface area contributed by atoms with Crippen LogP contribution in [0, 0.1) is 17.3 Å². The topological polar surface area (TPSA) is 49.3 Å². The van der Waals surface area contributed by atoms with Crippen LogP contribution in [0.5, 0.6) is 0 Å². The highest BCUT2D eigenvalue weighted by Gasteiger charge is 2.35. The molecule has 1 amide bonds. The van der Waals surface area contributed by atoms with Gasteiger partial charge in [0, 0.05) is 24.1 Å². The predicted molar refractivity (Wildman–Crippen MR) is 83.9 cm³/mol. The molecule has 0 aliphatic heterocycles. The zero-order chi connectivity index (χ0) is 15.1. The number of nitrogens with one attached hydrogen (secondary N) is 1. The Morgan fingerprint density at radius 1 is 1.33 bits per heavy atom. The fourth-order valence-electron chi connectivity index (χ4n) is 2.63. The molecule has 1 aliphatic rings. The van der Waals surface area contributed by atoms with Crippen molar-refractivity contribution in [2.24, 2.45) is 5.41 Å². The smallest absolute Gasteiger partial charge is 0.251 e. The molecule has 21 heavy (non-hydrogen) atoms. The van der Waals surface area contributed by atoms with E-state index in [1.807, 2.05) is 12.1 Å². The van der Waals surface area contributed by atoms with E-state index in [9.17, 15) is 4.79 Å². The molecule has 0 aromatic heterocycles. The van der Waals surface area contributed by atoms with Gasteiger partial charge in [-0.1, -0.05) is 25.2 Å². The summed E-state index contributed by atoms with van der Waals surface area (Å²) in [5.41, 5.74) is 1.88. The molecular formula is C18H23NO2. The largest absolute Gasteiger partial charge is 0.395 e. The lowest BCUT2D eigenvalue weighted by Gasteiger charge is -2.41. The zero-order valence-corrected chi connectivity index (χ0v) is 12.6. The molecule has 3 heteroatoms. The second-order valence-electron chi connectivity index (χ2n) is 5.74. The maximum Gasteiger partial charge on any atom is 0.251 e. The van der Waals surface area contributed by atoms with Crippen molar-refractivity contribution in [2.45, 2.75) is 39.0 Å². The van der Waals surface area contributed by atoms with Crippen LogP contribution >= 0.6 is 0 Å². The van der Waals surface area contributed by atoms with E-state index < -0.39 is 0 Å². The number of benzene rings is 1. The van der Waals surface area contributed by atoms with Crippen molar-refractivity contribution in [3.63, 3.8) is 0 Å². The summed E-state index contributed by atoms with van der Waals surface area (Å²) in [4.78, 5) is 12.1. The molecule has 2 N–H and O–H groups in total. The van der Waals surface area contributed by atoms with Crippen molar-refractivity contribution >= 4 is 5.91 Å². The molecule has 0 saturated heterocycles. The Morgan fingerprint density at radius 3 is 2.57 bits per heavy atom. The highest BCUT2D eigenvalue weighted by atomic mass is 16.2. The molecule has 3 nitrogen and oxygen atoms in total. The summed E-state index contributed by atoms with van der Waals surface area (Å²) in [6.07, 6.45) is 5.34. The van der Waals surface area contributed by atoms with Gasteiger partial charge in [-0.05, 0) is 48.9 Å². The van der Waals surface area contributed by atoms with E-state index in [0.717, 1.165) is 18.5 Å². The molecule has 1 aliphatic carbocycles. The van der Waals surface area contributed by atoms with Gasteiger partial charge in [-0.2, -0.15) is 0 Å². The van der Waals surface area contributed by atoms with Gasteiger partial charge >= 0.3 is 0 Å². The van der Waals surface area contributed by atoms with Crippen LogP contribution < -0.4 is 5.32 Å². The molecule has 0 bridgehead atoms. The predicted octanol–water partition coefficient (Wildman–Crippen LogP) is 2.73. The van der Waals surface area contributed by atoms with E-state index in [1.165, 1.54) is 19.3 Å². The minimum Gasteiger partial charge on any atom is -0.395 e. The van der Waals surface area contributed by atoms with Gasteiger partial charge in [0.2, 0.25) is 0 Å². The minimum absolute atomic E-state index is 0.00964. The van der Waals surface area contributed by atoms with Crippen molar-refractivity contribution < 1.29 is 9.90 Å². The lowest BCUT2D eigenvalue weighted by atomic mass is 9.67. The van der Waals surface area contributed by atoms with Crippen LogP contribution in [0.3, 0.4) is 0 Å². The first-order valence-electron chi connectivity index (χ1n) is 7.67. The van der Waals surface area contributed by atoms with E-state index in [4.69, 9.17) is 5.11 Å². The third-order valence-corrected chi connectivity index (χ3v) is 4.40. The van der Waals surface area contributed by atoms with Crippen molar-refractivity contribution in [3.8, 4) is 11.8 Å². The number of rotatable bonds is 5. The maximum atomic E-state index is 12.1. The molecule has 1 aromatic carbocycles. The first kappa shape index (κ1) is 15.6. The van der Waals surface area contributed by atoms with E-state index in [-0.39, 0.29) is 12.5 Å². The van der Waals surface area contributed by atoms with Crippen molar-refractivity contribution in [1.29, 1.82) is 0 Å². The summed E-state index contributed by atoms with van der Waals surface area (Å²) in [6, 6.07) is 7.30. The standard InChI is InChI=1S/C18H23NO2/c1-2-18(11-5-12-18)14-19-17(21)16-9-7-15(8-10-16)6-3-4-13-20/h7-10,20H,2,4-5,11-14H2,1H3,(H,19,21). The Labute approximate surface area is 126 Å². The molecule has 1 aromatic rings. The molecule has 1 saturated carbocycles. The van der Waals surface area contributed by atoms with Crippen LogP contribution in [0.25, 0.3) is 0 Å². The van der Waals surface area contributed by atoms with Crippen molar-refractivity contribution in [1.82, 2.24) is 5.32 Å². The van der Waals surface area contributed by atoms with Crippen LogP contribution in [0.15, 0.2) is 24.3 Å². The fourth-order valence-corrected chi connectivity index (χ4v) is 2.63. The Hall–Kier alpha value is -1.79. The van der Waals surface area contributed by atoms with Gasteiger partial charge in [-0.3, -0.25) is 4.79 Å². The van der Waals surface area contributed by atoms with Gasteiger partial charge in [0.25, 0.3) is 5.91 Å². The van der Waals surface area contributed by atoms with Crippen LogP contribution in [0.4, 0.5) is 0 Å². The number of aliphatic hydroxyl groups excluding tert-OH is 1. The number of amides is 1. The first-order valence-corrected chi connectivity index (χ1v) is 7.67. The van der Waals surface area contributed by atoms with E-state index in [2.05, 4.69) is 24.1 Å². The van der Waals surface area contributed by atoms with Crippen molar-refractivity contribution in [2.75, 3.05) is 13.2 Å². The highest BCUT2D eigenvalue weighted by Crippen LogP contribution is 2.43. The van der Waals surface area contributed by atoms with E-state index in [0.29, 0.717) is 17.4 Å². The number of hydrogen-bond acceptors (Lipinski definition) is 2. The molecule has 0 heterocycles. The van der Waals surface area contributed by atoms with Gasteiger partial charge in [0.15, 0.2) is 0 Å². The molecule has 2 rings (SSSR count). The Bertz CT molecular complexity index is 527. The van der Waals surface area contributed by atoms with Crippen LogP contribution in [-0.4, -0.2) is 24.2 Å². The summed E-state index contributed by atoms with van der Waals surface area (Å²) in [5, 5.41) is 11.7. The lowest BCUT2D eigenvalue weighted by molar-refractivity contribution is 0.0850. The van der Waals surface area contributed by atoms with E-state index in [1.54, 1.807) is 12.1 Å². The van der Waals surface area contributed by atoms with Crippen LogP contribution in [0.1, 0.15) is 54.9 Å². The third kappa shape index (κ3) is 4.09. The third-order valence-electron chi connectivity index (χ3n) is 4.40. The average Bonchev–Trinajstić information content (AvgIpc) is 2.47. The van der Waals surface area contributed by atoms with Crippen LogP contribution in [0.2, 0.25) is 0 Å². The molecule has 1 fully saturated rings. The summed E-state index contributed by atoms with van der Waals surface area (Å²) in [5.74, 6) is 5.81. The lowest BCUT2D eigenvalue weighted by Crippen LogP contribution is -2.41. The maximum absolute atomic E-state index is 12.1. The van der Waals surface area contributed by atoms with Gasteiger partial charge in [-0.15, -0.1) is 0 Å². The van der Waals surface area contributed by atoms with Gasteiger partial charge in [0.1, 0.15) is 0 Å². The quantitative estimate of drug-likeness (QED) is 0.817. The minimum atomic E-state index is -0.00964. The monoisotopic (exact) mass is 285 g/mol. The average molecular weight is 285 g/mol. The van der Waals surface area contributed by atoms with Gasteiger partial charge in [-0.25, -0.2) is 0 Å². The highest BCUT2D eigenvalue weighted by molar-refractivity contribution is 5.94. The summed E-state index contributed by atoms with van der Waals surface area (Å²) in [7, 11) is 0. The van der Waals surface area contributed by atoms with Crippen molar-refractivity contribution in [3.05, 3.63) is 35.4 Å². The second kappa shape index (κ2) is 7.28. The van der Waals surface area contributed by atoms with Crippen LogP contribution in [-0.2, 0) is 0 Å². The van der Waals surface area contributed by atoms with Gasteiger partial charge < -0.3 is 10.4 Å². The number of carbonyl (C=O) groups is 1. The Kier molecular flexibility index (Phi) is 5.41. The molecule has 0 atom stereocenters. The molecule has 0 radical (unpaired) electrons. The summed E-state index contributed by atoms with van der Waals surface area (Å²) in [6.45, 7) is 3.05. The summed E-state index contributed by atoms with van der Waals surface area (Å²) >= 11 is 0. The van der Waals surface area contributed by atoms with E-state index >= 15 is 0 Å². The number of aliphatic hydroxyl groups is 1. The zero-order valence-electron chi connectivity index (χ0n) is 12.6. The SMILES string of the molecule is CCC1(CNC(=O)c2ccc(C#CCCO)cc2)CCC1.